The third-order valence-corrected chi connectivity index (χ3v) is 3.33. The summed E-state index contributed by atoms with van der Waals surface area (Å²) in [7, 11) is 0. The largest absolute Gasteiger partial charge is 0.506 e. The van der Waals surface area contributed by atoms with Crippen LogP contribution in [0, 0.1) is 11.3 Å². The van der Waals surface area contributed by atoms with Gasteiger partial charge in [0.15, 0.2) is 0 Å². The minimum absolute atomic E-state index is 0.000142. The molecular formula is C15H17N3O2. The van der Waals surface area contributed by atoms with E-state index in [2.05, 4.69) is 10.6 Å². The first-order valence-electron chi connectivity index (χ1n) is 6.66. The number of benzene rings is 1. The van der Waals surface area contributed by atoms with E-state index in [0.717, 1.165) is 25.7 Å². The topological polar surface area (TPSA) is 85.2 Å². The first kappa shape index (κ1) is 13.9. The maximum Gasteiger partial charge on any atom is 0.263 e. The molecule has 0 radical (unpaired) electrons. The summed E-state index contributed by atoms with van der Waals surface area (Å²) in [5.41, 5.74) is 0.453. The minimum Gasteiger partial charge on any atom is -0.506 e. The average Bonchev–Trinajstić information content (AvgIpc) is 2.94. The Labute approximate surface area is 117 Å². The molecule has 3 N–H and O–H groups in total. The number of amides is 1. The van der Waals surface area contributed by atoms with Crippen molar-refractivity contribution in [2.45, 2.75) is 31.7 Å². The summed E-state index contributed by atoms with van der Waals surface area (Å²) in [6, 6.07) is 8.68. The van der Waals surface area contributed by atoms with Crippen molar-refractivity contribution in [3.05, 3.63) is 36.0 Å². The minimum atomic E-state index is -0.373. The number of carbonyl (C=O) groups excluding carboxylic acids is 1. The fourth-order valence-electron chi connectivity index (χ4n) is 2.23. The standard InChI is InChI=1S/C15H17N3O2/c16-9-11(15(20)18-12-5-1-2-6-12)10-17-13-7-3-4-8-14(13)19/h3-4,7-8,10,12,17,19H,1-2,5-6H2,(H,18,20)/b11-10-. The van der Waals surface area contributed by atoms with Gasteiger partial charge in [-0.25, -0.2) is 0 Å². The van der Waals surface area contributed by atoms with Gasteiger partial charge in [-0.15, -0.1) is 0 Å². The zero-order valence-corrected chi connectivity index (χ0v) is 11.1. The summed E-state index contributed by atoms with van der Waals surface area (Å²) < 4.78 is 0. The molecular weight excluding hydrogens is 254 g/mol. The second-order valence-electron chi connectivity index (χ2n) is 4.79. The summed E-state index contributed by atoms with van der Waals surface area (Å²) in [6.07, 6.45) is 5.49. The SMILES string of the molecule is N#C/C(=C/Nc1ccccc1O)C(=O)NC1CCCC1. The molecule has 1 saturated carbocycles. The van der Waals surface area contributed by atoms with Crippen molar-refractivity contribution in [3.63, 3.8) is 0 Å². The van der Waals surface area contributed by atoms with Gasteiger partial charge in [-0.2, -0.15) is 5.26 Å². The third-order valence-electron chi connectivity index (χ3n) is 3.33. The fraction of sp³-hybridized carbons (Fsp3) is 0.333. The van der Waals surface area contributed by atoms with Gasteiger partial charge in [0.25, 0.3) is 5.91 Å². The van der Waals surface area contributed by atoms with Crippen molar-refractivity contribution >= 4 is 11.6 Å². The molecule has 0 aliphatic heterocycles. The Morgan fingerprint density at radius 1 is 1.35 bits per heavy atom. The molecule has 0 heterocycles. The van der Waals surface area contributed by atoms with E-state index in [4.69, 9.17) is 5.26 Å². The number of aromatic hydroxyl groups is 1. The van der Waals surface area contributed by atoms with E-state index in [9.17, 15) is 9.90 Å². The number of nitriles is 1. The summed E-state index contributed by atoms with van der Waals surface area (Å²) >= 11 is 0. The van der Waals surface area contributed by atoms with E-state index in [1.807, 2.05) is 6.07 Å². The highest BCUT2D eigenvalue weighted by Gasteiger charge is 2.19. The third kappa shape index (κ3) is 3.51. The zero-order chi connectivity index (χ0) is 14.4. The van der Waals surface area contributed by atoms with E-state index in [1.54, 1.807) is 18.2 Å². The van der Waals surface area contributed by atoms with Crippen molar-refractivity contribution in [2.75, 3.05) is 5.32 Å². The molecule has 0 unspecified atom stereocenters. The van der Waals surface area contributed by atoms with Crippen LogP contribution in [0.25, 0.3) is 0 Å². The van der Waals surface area contributed by atoms with Gasteiger partial charge in [-0.1, -0.05) is 25.0 Å². The number of phenols is 1. The predicted molar refractivity (Wildman–Crippen MR) is 75.8 cm³/mol. The Balaban J connectivity index is 2.00. The molecule has 1 aromatic carbocycles. The van der Waals surface area contributed by atoms with E-state index >= 15 is 0 Å². The van der Waals surface area contributed by atoms with Crippen LogP contribution in [-0.4, -0.2) is 17.1 Å². The van der Waals surface area contributed by atoms with Crippen LogP contribution >= 0.6 is 0 Å². The molecule has 0 aromatic heterocycles. The van der Waals surface area contributed by atoms with Crippen molar-refractivity contribution in [2.24, 2.45) is 0 Å². The second kappa shape index (κ2) is 6.62. The summed E-state index contributed by atoms with van der Waals surface area (Å²) in [4.78, 5) is 11.9. The number of hydrogen-bond donors (Lipinski definition) is 3. The van der Waals surface area contributed by atoms with Gasteiger partial charge < -0.3 is 15.7 Å². The number of rotatable bonds is 4. The lowest BCUT2D eigenvalue weighted by Gasteiger charge is -2.11. The van der Waals surface area contributed by atoms with Crippen LogP contribution in [0.4, 0.5) is 5.69 Å². The smallest absolute Gasteiger partial charge is 0.263 e. The van der Waals surface area contributed by atoms with Crippen LogP contribution in [0.1, 0.15) is 25.7 Å². The first-order valence-corrected chi connectivity index (χ1v) is 6.66. The van der Waals surface area contributed by atoms with E-state index in [1.165, 1.54) is 12.3 Å². The van der Waals surface area contributed by atoms with Crippen LogP contribution in [0.15, 0.2) is 36.0 Å². The molecule has 1 fully saturated rings. The normalized spacial score (nSPS) is 15.7. The molecule has 2 rings (SSSR count). The van der Waals surface area contributed by atoms with Crippen LogP contribution in [0.3, 0.4) is 0 Å². The Kier molecular flexibility index (Phi) is 4.61. The number of para-hydroxylation sites is 2. The molecule has 5 nitrogen and oxygen atoms in total. The lowest BCUT2D eigenvalue weighted by atomic mass is 10.2. The number of anilines is 1. The summed E-state index contributed by atoms with van der Waals surface area (Å²) in [5.74, 6) is -0.306. The first-order chi connectivity index (χ1) is 9.70. The Bertz CT molecular complexity index is 554. The highest BCUT2D eigenvalue weighted by atomic mass is 16.3. The number of carbonyl (C=O) groups is 1. The molecule has 0 spiro atoms. The monoisotopic (exact) mass is 271 g/mol. The molecule has 5 heteroatoms. The van der Waals surface area contributed by atoms with Gasteiger partial charge in [0, 0.05) is 12.2 Å². The summed E-state index contributed by atoms with van der Waals surface area (Å²) in [5, 5.41) is 24.2. The predicted octanol–water partition coefficient (Wildman–Crippen LogP) is 2.27. The average molecular weight is 271 g/mol. The number of hydrogen-bond acceptors (Lipinski definition) is 4. The van der Waals surface area contributed by atoms with Gasteiger partial charge >= 0.3 is 0 Å². The summed E-state index contributed by atoms with van der Waals surface area (Å²) in [6.45, 7) is 0. The molecule has 1 aliphatic carbocycles. The van der Waals surface area contributed by atoms with Gasteiger partial charge in [-0.3, -0.25) is 4.79 Å². The van der Waals surface area contributed by atoms with Crippen molar-refractivity contribution in [3.8, 4) is 11.8 Å². The van der Waals surface area contributed by atoms with E-state index < -0.39 is 0 Å². The van der Waals surface area contributed by atoms with E-state index in [0.29, 0.717) is 5.69 Å². The molecule has 1 amide bonds. The van der Waals surface area contributed by atoms with Gasteiger partial charge in [0.1, 0.15) is 17.4 Å². The molecule has 0 atom stereocenters. The van der Waals surface area contributed by atoms with Crippen LogP contribution in [0.5, 0.6) is 5.75 Å². The molecule has 1 aliphatic rings. The van der Waals surface area contributed by atoms with Crippen molar-refractivity contribution < 1.29 is 9.90 Å². The van der Waals surface area contributed by atoms with Crippen LogP contribution in [0.2, 0.25) is 0 Å². The number of nitrogens with zero attached hydrogens (tertiary/aromatic N) is 1. The van der Waals surface area contributed by atoms with Crippen LogP contribution in [-0.2, 0) is 4.79 Å². The quantitative estimate of drug-likeness (QED) is 0.445. The van der Waals surface area contributed by atoms with Crippen molar-refractivity contribution in [1.29, 1.82) is 5.26 Å². The molecule has 104 valence electrons. The number of nitrogens with one attached hydrogen (secondary N) is 2. The highest BCUT2D eigenvalue weighted by Crippen LogP contribution is 2.22. The molecule has 0 bridgehead atoms. The zero-order valence-electron chi connectivity index (χ0n) is 11.1. The fourth-order valence-corrected chi connectivity index (χ4v) is 2.23. The molecule has 20 heavy (non-hydrogen) atoms. The highest BCUT2D eigenvalue weighted by molar-refractivity contribution is 5.97. The Morgan fingerprint density at radius 2 is 2.05 bits per heavy atom. The van der Waals surface area contributed by atoms with Gasteiger partial charge in [0.05, 0.1) is 5.69 Å². The van der Waals surface area contributed by atoms with Gasteiger partial charge in [0.2, 0.25) is 0 Å². The Hall–Kier alpha value is -2.48. The van der Waals surface area contributed by atoms with Gasteiger partial charge in [-0.05, 0) is 25.0 Å². The van der Waals surface area contributed by atoms with E-state index in [-0.39, 0.29) is 23.3 Å². The molecule has 0 saturated heterocycles. The Morgan fingerprint density at radius 3 is 2.70 bits per heavy atom. The second-order valence-corrected chi connectivity index (χ2v) is 4.79. The van der Waals surface area contributed by atoms with Crippen LogP contribution < -0.4 is 10.6 Å². The molecule has 1 aromatic rings. The number of phenolic OH excluding ortho intramolecular Hbond substituents is 1. The lowest BCUT2D eigenvalue weighted by molar-refractivity contribution is -0.117. The maximum absolute atomic E-state index is 11.9. The maximum atomic E-state index is 11.9. The van der Waals surface area contributed by atoms with Crippen molar-refractivity contribution in [1.82, 2.24) is 5.32 Å². The lowest BCUT2D eigenvalue weighted by Crippen LogP contribution is -2.33.